The van der Waals surface area contributed by atoms with Crippen molar-refractivity contribution in [3.63, 3.8) is 0 Å². The number of nitro groups is 1. The Morgan fingerprint density at radius 1 is 1.32 bits per heavy atom. The minimum absolute atomic E-state index is 0.494. The number of carbonyl (C=O) groups excluding carboxylic acids is 1. The maximum atomic E-state index is 12.0. The molecule has 19 heavy (non-hydrogen) atoms. The topological polar surface area (TPSA) is 87.5 Å². The fraction of sp³-hybridized carbons (Fsp3) is 0.417. The monoisotopic (exact) mass is 264 g/mol. The lowest BCUT2D eigenvalue weighted by Crippen LogP contribution is -2.55. The summed E-state index contributed by atoms with van der Waals surface area (Å²) >= 11 is 0. The van der Waals surface area contributed by atoms with Crippen molar-refractivity contribution in [3.05, 3.63) is 40.4 Å². The zero-order valence-electron chi connectivity index (χ0n) is 10.4. The standard InChI is InChI=1S/C12H16N4O3/c17-11(14-10-4-2-1-3-5-10)12(16(18)19)15-8-6-13-7-9-15/h1-5,12-13H,6-9H2,(H,14,17). The van der Waals surface area contributed by atoms with Crippen LogP contribution in [0.15, 0.2) is 30.3 Å². The maximum Gasteiger partial charge on any atom is 0.346 e. The Kier molecular flexibility index (Phi) is 4.43. The average Bonchev–Trinajstić information content (AvgIpc) is 2.40. The molecule has 1 unspecified atom stereocenters. The lowest BCUT2D eigenvalue weighted by Gasteiger charge is -2.28. The quantitative estimate of drug-likeness (QED) is 0.596. The Balaban J connectivity index is 2.06. The van der Waals surface area contributed by atoms with Gasteiger partial charge < -0.3 is 10.6 Å². The third-order valence-electron chi connectivity index (χ3n) is 2.97. The lowest BCUT2D eigenvalue weighted by atomic mass is 10.3. The molecule has 7 heteroatoms. The van der Waals surface area contributed by atoms with Crippen molar-refractivity contribution in [1.29, 1.82) is 0 Å². The molecule has 1 amide bonds. The summed E-state index contributed by atoms with van der Waals surface area (Å²) in [6.45, 7) is 2.30. The summed E-state index contributed by atoms with van der Waals surface area (Å²) in [5, 5.41) is 16.8. The molecule has 0 saturated carbocycles. The molecule has 1 fully saturated rings. The third-order valence-corrected chi connectivity index (χ3v) is 2.97. The van der Waals surface area contributed by atoms with Crippen LogP contribution in [0.3, 0.4) is 0 Å². The van der Waals surface area contributed by atoms with E-state index in [9.17, 15) is 14.9 Å². The number of carbonyl (C=O) groups is 1. The molecule has 2 rings (SSSR count). The molecule has 1 aromatic rings. The van der Waals surface area contributed by atoms with Gasteiger partial charge in [-0.25, -0.2) is 4.90 Å². The molecule has 0 spiro atoms. The van der Waals surface area contributed by atoms with E-state index in [-0.39, 0.29) is 0 Å². The summed E-state index contributed by atoms with van der Waals surface area (Å²) in [5.41, 5.74) is 0.564. The predicted molar refractivity (Wildman–Crippen MR) is 70.3 cm³/mol. The zero-order chi connectivity index (χ0) is 13.7. The van der Waals surface area contributed by atoms with Crippen LogP contribution in [-0.2, 0) is 4.79 Å². The first kappa shape index (κ1) is 13.4. The van der Waals surface area contributed by atoms with Crippen LogP contribution >= 0.6 is 0 Å². The van der Waals surface area contributed by atoms with Gasteiger partial charge in [0.25, 0.3) is 0 Å². The van der Waals surface area contributed by atoms with Gasteiger partial charge in [-0.15, -0.1) is 0 Å². The van der Waals surface area contributed by atoms with E-state index in [1.807, 2.05) is 6.07 Å². The number of piperazine rings is 1. The SMILES string of the molecule is O=C(Nc1ccccc1)C(N1CCNCC1)[N+](=O)[O-]. The van der Waals surface area contributed by atoms with Crippen LogP contribution in [0.2, 0.25) is 0 Å². The highest BCUT2D eigenvalue weighted by molar-refractivity contribution is 5.93. The van der Waals surface area contributed by atoms with Crippen molar-refractivity contribution in [2.24, 2.45) is 0 Å². The molecule has 1 aliphatic rings. The van der Waals surface area contributed by atoms with E-state index >= 15 is 0 Å². The van der Waals surface area contributed by atoms with E-state index in [4.69, 9.17) is 0 Å². The molecular formula is C12H16N4O3. The fourth-order valence-corrected chi connectivity index (χ4v) is 2.05. The van der Waals surface area contributed by atoms with Gasteiger partial charge >= 0.3 is 12.1 Å². The first-order valence-electron chi connectivity index (χ1n) is 6.12. The molecule has 2 N–H and O–H groups in total. The Labute approximate surface area is 110 Å². The number of anilines is 1. The largest absolute Gasteiger partial charge is 0.346 e. The molecule has 1 heterocycles. The summed E-state index contributed by atoms with van der Waals surface area (Å²) in [4.78, 5) is 24.2. The molecule has 0 bridgehead atoms. The van der Waals surface area contributed by atoms with E-state index in [2.05, 4.69) is 10.6 Å². The number of benzene rings is 1. The van der Waals surface area contributed by atoms with Crippen molar-refractivity contribution in [3.8, 4) is 0 Å². The molecule has 0 radical (unpaired) electrons. The van der Waals surface area contributed by atoms with Gasteiger partial charge in [-0.05, 0) is 12.1 Å². The van der Waals surface area contributed by atoms with Gasteiger partial charge in [0.2, 0.25) is 0 Å². The lowest BCUT2D eigenvalue weighted by molar-refractivity contribution is -0.534. The average molecular weight is 264 g/mol. The van der Waals surface area contributed by atoms with Crippen LogP contribution in [0.1, 0.15) is 0 Å². The van der Waals surface area contributed by atoms with Crippen molar-refractivity contribution in [1.82, 2.24) is 10.2 Å². The summed E-state index contributed by atoms with van der Waals surface area (Å²) < 4.78 is 0. The van der Waals surface area contributed by atoms with Gasteiger partial charge in [-0.2, -0.15) is 0 Å². The van der Waals surface area contributed by atoms with Crippen molar-refractivity contribution in [2.45, 2.75) is 6.17 Å². The molecule has 1 saturated heterocycles. The molecule has 102 valence electrons. The highest BCUT2D eigenvalue weighted by atomic mass is 16.6. The van der Waals surface area contributed by atoms with E-state index < -0.39 is 17.0 Å². The first-order chi connectivity index (χ1) is 9.18. The van der Waals surface area contributed by atoms with Crippen LogP contribution in [-0.4, -0.2) is 48.1 Å². The van der Waals surface area contributed by atoms with Gasteiger partial charge in [0.1, 0.15) is 0 Å². The first-order valence-corrected chi connectivity index (χ1v) is 6.12. The number of rotatable bonds is 4. The number of nitrogens with one attached hydrogen (secondary N) is 2. The smallest absolute Gasteiger partial charge is 0.319 e. The highest BCUT2D eigenvalue weighted by Gasteiger charge is 2.37. The van der Waals surface area contributed by atoms with Crippen molar-refractivity contribution < 1.29 is 9.72 Å². The van der Waals surface area contributed by atoms with E-state index in [0.29, 0.717) is 31.9 Å². The van der Waals surface area contributed by atoms with Crippen LogP contribution < -0.4 is 10.6 Å². The van der Waals surface area contributed by atoms with Gasteiger partial charge in [0, 0.05) is 36.8 Å². The third kappa shape index (κ3) is 3.49. The van der Waals surface area contributed by atoms with Gasteiger partial charge in [-0.1, -0.05) is 18.2 Å². The normalized spacial score (nSPS) is 17.7. The Morgan fingerprint density at radius 3 is 2.53 bits per heavy atom. The van der Waals surface area contributed by atoms with E-state index in [0.717, 1.165) is 0 Å². The highest BCUT2D eigenvalue weighted by Crippen LogP contribution is 2.09. The maximum absolute atomic E-state index is 12.0. The molecule has 0 aromatic heterocycles. The molecule has 1 aliphatic heterocycles. The van der Waals surface area contributed by atoms with Gasteiger partial charge in [-0.3, -0.25) is 14.9 Å². The summed E-state index contributed by atoms with van der Waals surface area (Å²) in [6.07, 6.45) is -1.33. The second-order valence-corrected chi connectivity index (χ2v) is 4.30. The number of amides is 1. The molecule has 7 nitrogen and oxygen atoms in total. The molecule has 0 aliphatic carbocycles. The molecular weight excluding hydrogens is 248 g/mol. The second kappa shape index (κ2) is 6.26. The number of hydrogen-bond acceptors (Lipinski definition) is 5. The zero-order valence-corrected chi connectivity index (χ0v) is 10.4. The van der Waals surface area contributed by atoms with E-state index in [1.54, 1.807) is 29.2 Å². The molecule has 1 atom stereocenters. The minimum Gasteiger partial charge on any atom is -0.319 e. The second-order valence-electron chi connectivity index (χ2n) is 4.30. The number of para-hydroxylation sites is 1. The summed E-state index contributed by atoms with van der Waals surface area (Å²) in [5.74, 6) is -0.599. The van der Waals surface area contributed by atoms with Crippen LogP contribution in [0, 0.1) is 10.1 Å². The Morgan fingerprint density at radius 2 is 1.95 bits per heavy atom. The van der Waals surface area contributed by atoms with Crippen LogP contribution in [0.4, 0.5) is 5.69 Å². The number of nitrogens with zero attached hydrogens (tertiary/aromatic N) is 2. The van der Waals surface area contributed by atoms with Crippen LogP contribution in [0.25, 0.3) is 0 Å². The summed E-state index contributed by atoms with van der Waals surface area (Å²) in [6, 6.07) is 8.75. The number of hydrogen-bond donors (Lipinski definition) is 2. The van der Waals surface area contributed by atoms with Gasteiger partial charge in [0.05, 0.1) is 0 Å². The Hall–Kier alpha value is -1.99. The van der Waals surface area contributed by atoms with Gasteiger partial charge in [0.15, 0.2) is 0 Å². The Bertz CT molecular complexity index is 446. The minimum atomic E-state index is -1.33. The van der Waals surface area contributed by atoms with Crippen molar-refractivity contribution in [2.75, 3.05) is 31.5 Å². The fourth-order valence-electron chi connectivity index (χ4n) is 2.05. The van der Waals surface area contributed by atoms with E-state index in [1.165, 1.54) is 0 Å². The summed E-state index contributed by atoms with van der Waals surface area (Å²) in [7, 11) is 0. The van der Waals surface area contributed by atoms with Crippen molar-refractivity contribution >= 4 is 11.6 Å². The molecule has 1 aromatic carbocycles. The van der Waals surface area contributed by atoms with Crippen LogP contribution in [0.5, 0.6) is 0 Å². The predicted octanol–water partition coefficient (Wildman–Crippen LogP) is 0.133.